The molecule has 1 N–H and O–H groups in total. The highest BCUT2D eigenvalue weighted by Crippen LogP contribution is 2.20. The van der Waals surface area contributed by atoms with Crippen molar-refractivity contribution in [2.75, 3.05) is 17.1 Å². The van der Waals surface area contributed by atoms with Crippen molar-refractivity contribution in [3.8, 4) is 5.69 Å². The van der Waals surface area contributed by atoms with Gasteiger partial charge in [0.15, 0.2) is 0 Å². The lowest BCUT2D eigenvalue weighted by molar-refractivity contribution is -0.119. The van der Waals surface area contributed by atoms with E-state index in [0.29, 0.717) is 0 Å². The fraction of sp³-hybridized carbons (Fsp3) is 0.217. The number of sulfonamides is 1. The Morgan fingerprint density at radius 1 is 1.09 bits per heavy atom. The minimum absolute atomic E-state index is 0.190. The molecule has 1 aromatic heterocycles. The van der Waals surface area contributed by atoms with Crippen LogP contribution < -0.4 is 9.73 Å². The Hall–Kier alpha value is -3.46. The number of nitrogens with zero attached hydrogens (tertiary/aromatic N) is 3. The molecule has 168 valence electrons. The van der Waals surface area contributed by atoms with Gasteiger partial charge in [-0.3, -0.25) is 9.10 Å². The lowest BCUT2D eigenvalue weighted by Gasteiger charge is -2.21. The summed E-state index contributed by atoms with van der Waals surface area (Å²) >= 11 is 0. The molecule has 7 nitrogen and oxygen atoms in total. The van der Waals surface area contributed by atoms with Gasteiger partial charge in [0.25, 0.3) is 5.91 Å². The molecule has 0 spiro atoms. The van der Waals surface area contributed by atoms with E-state index in [0.717, 1.165) is 45.3 Å². The first-order chi connectivity index (χ1) is 15.1. The number of carbonyl (C=O) groups excluding carboxylic acids is 1. The zero-order chi connectivity index (χ0) is 23.5. The van der Waals surface area contributed by atoms with Gasteiger partial charge in [-0.1, -0.05) is 17.7 Å². The Bertz CT molecular complexity index is 1250. The summed E-state index contributed by atoms with van der Waals surface area (Å²) in [4.78, 5) is 12.3. The number of amides is 1. The van der Waals surface area contributed by atoms with Crippen LogP contribution in [0.2, 0.25) is 0 Å². The van der Waals surface area contributed by atoms with Crippen LogP contribution in [0, 0.1) is 26.6 Å². The first-order valence-corrected chi connectivity index (χ1v) is 11.7. The van der Waals surface area contributed by atoms with E-state index in [9.17, 15) is 17.6 Å². The standard InChI is InChI=1S/C23H25FN4O3S/c1-16-5-9-22(10-6-16)28-17(2)13-19(18(28)3)14-25-26-23(29)15-27(32(4,30)31)21-11-7-20(24)8-12-21/h5-14H,15H2,1-4H3,(H,26,29)/b25-14-. The van der Waals surface area contributed by atoms with E-state index in [2.05, 4.69) is 15.1 Å². The molecular weight excluding hydrogens is 431 g/mol. The van der Waals surface area contributed by atoms with E-state index in [-0.39, 0.29) is 5.69 Å². The van der Waals surface area contributed by atoms with Crippen molar-refractivity contribution in [3.63, 3.8) is 0 Å². The zero-order valence-corrected chi connectivity index (χ0v) is 19.1. The number of hydrogen-bond acceptors (Lipinski definition) is 4. The van der Waals surface area contributed by atoms with Gasteiger partial charge < -0.3 is 4.57 Å². The minimum atomic E-state index is -3.75. The van der Waals surface area contributed by atoms with Crippen LogP contribution >= 0.6 is 0 Å². The number of rotatable bonds is 7. The molecule has 0 bridgehead atoms. The van der Waals surface area contributed by atoms with Crippen molar-refractivity contribution in [2.24, 2.45) is 5.10 Å². The zero-order valence-electron chi connectivity index (χ0n) is 18.3. The molecular formula is C23H25FN4O3S. The summed E-state index contributed by atoms with van der Waals surface area (Å²) in [6, 6.07) is 15.0. The molecule has 3 aromatic rings. The number of aromatic nitrogens is 1. The number of benzene rings is 2. The second-order valence-corrected chi connectivity index (χ2v) is 9.44. The van der Waals surface area contributed by atoms with Gasteiger partial charge >= 0.3 is 0 Å². The molecule has 1 heterocycles. The lowest BCUT2D eigenvalue weighted by Crippen LogP contribution is -2.39. The van der Waals surface area contributed by atoms with E-state index in [1.54, 1.807) is 0 Å². The maximum absolute atomic E-state index is 13.2. The Kier molecular flexibility index (Phi) is 6.78. The summed E-state index contributed by atoms with van der Waals surface area (Å²) in [5.41, 5.74) is 7.53. The topological polar surface area (TPSA) is 83.8 Å². The highest BCUT2D eigenvalue weighted by atomic mass is 32.2. The third-order valence-corrected chi connectivity index (χ3v) is 6.10. The predicted octanol–water partition coefficient (Wildman–Crippen LogP) is 3.46. The predicted molar refractivity (Wildman–Crippen MR) is 124 cm³/mol. The molecule has 0 radical (unpaired) electrons. The summed E-state index contributed by atoms with van der Waals surface area (Å²) in [6.45, 7) is 5.48. The number of halogens is 1. The number of aryl methyl sites for hydroxylation is 2. The van der Waals surface area contributed by atoms with Gasteiger partial charge in [-0.05, 0) is 63.2 Å². The van der Waals surface area contributed by atoms with Crippen molar-refractivity contribution >= 4 is 27.8 Å². The smallest absolute Gasteiger partial charge is 0.260 e. The van der Waals surface area contributed by atoms with Crippen LogP contribution in [-0.2, 0) is 14.8 Å². The van der Waals surface area contributed by atoms with Crippen LogP contribution in [0.4, 0.5) is 10.1 Å². The largest absolute Gasteiger partial charge is 0.318 e. The Balaban J connectivity index is 1.73. The molecule has 0 atom stereocenters. The fourth-order valence-electron chi connectivity index (χ4n) is 3.36. The molecule has 0 unspecified atom stereocenters. The Morgan fingerprint density at radius 3 is 2.31 bits per heavy atom. The van der Waals surface area contributed by atoms with Crippen molar-refractivity contribution < 1.29 is 17.6 Å². The van der Waals surface area contributed by atoms with Crippen LogP contribution in [0.25, 0.3) is 5.69 Å². The number of anilines is 1. The van der Waals surface area contributed by atoms with Crippen LogP contribution in [0.15, 0.2) is 59.7 Å². The summed E-state index contributed by atoms with van der Waals surface area (Å²) in [5, 5.41) is 3.99. The van der Waals surface area contributed by atoms with Crippen molar-refractivity contribution in [3.05, 3.63) is 82.9 Å². The van der Waals surface area contributed by atoms with Crippen molar-refractivity contribution in [2.45, 2.75) is 20.8 Å². The third kappa shape index (κ3) is 5.42. The number of hydrazone groups is 1. The molecule has 32 heavy (non-hydrogen) atoms. The summed E-state index contributed by atoms with van der Waals surface area (Å²) in [7, 11) is -3.75. The summed E-state index contributed by atoms with van der Waals surface area (Å²) in [6.07, 6.45) is 2.50. The molecule has 0 aliphatic heterocycles. The SMILES string of the molecule is Cc1ccc(-n2c(C)cc(/C=N\NC(=O)CN(c3ccc(F)cc3)S(C)(=O)=O)c2C)cc1. The average Bonchev–Trinajstić information content (AvgIpc) is 3.00. The quantitative estimate of drug-likeness (QED) is 0.437. The van der Waals surface area contributed by atoms with Gasteiger partial charge in [-0.15, -0.1) is 0 Å². The van der Waals surface area contributed by atoms with Gasteiger partial charge in [0.2, 0.25) is 10.0 Å². The minimum Gasteiger partial charge on any atom is -0.318 e. The van der Waals surface area contributed by atoms with E-state index in [1.165, 1.54) is 23.9 Å². The molecule has 1 amide bonds. The number of carbonyl (C=O) groups is 1. The molecule has 0 saturated carbocycles. The summed E-state index contributed by atoms with van der Waals surface area (Å²) < 4.78 is 40.3. The molecule has 2 aromatic carbocycles. The Labute approximate surface area is 187 Å². The number of hydrogen-bond donors (Lipinski definition) is 1. The van der Waals surface area contributed by atoms with Crippen LogP contribution in [0.5, 0.6) is 0 Å². The van der Waals surface area contributed by atoms with Gasteiger partial charge in [-0.25, -0.2) is 18.2 Å². The van der Waals surface area contributed by atoms with Crippen LogP contribution in [0.1, 0.15) is 22.5 Å². The molecule has 0 aliphatic carbocycles. The highest BCUT2D eigenvalue weighted by Gasteiger charge is 2.20. The van der Waals surface area contributed by atoms with E-state index >= 15 is 0 Å². The van der Waals surface area contributed by atoms with Crippen molar-refractivity contribution in [1.29, 1.82) is 0 Å². The summed E-state index contributed by atoms with van der Waals surface area (Å²) in [5.74, 6) is -1.12. The first-order valence-electron chi connectivity index (χ1n) is 9.87. The molecule has 3 rings (SSSR count). The van der Waals surface area contributed by atoms with Crippen LogP contribution in [0.3, 0.4) is 0 Å². The molecule has 0 fully saturated rings. The average molecular weight is 457 g/mol. The van der Waals surface area contributed by atoms with E-state index in [4.69, 9.17) is 0 Å². The maximum atomic E-state index is 13.2. The maximum Gasteiger partial charge on any atom is 0.260 e. The monoisotopic (exact) mass is 456 g/mol. The van der Waals surface area contributed by atoms with Crippen LogP contribution in [-0.4, -0.2) is 37.9 Å². The van der Waals surface area contributed by atoms with Gasteiger partial charge in [-0.2, -0.15) is 5.10 Å². The van der Waals surface area contributed by atoms with Crippen molar-refractivity contribution in [1.82, 2.24) is 9.99 Å². The van der Waals surface area contributed by atoms with Gasteiger partial charge in [0.1, 0.15) is 12.4 Å². The fourth-order valence-corrected chi connectivity index (χ4v) is 4.21. The number of nitrogens with one attached hydrogen (secondary N) is 1. The molecule has 0 aliphatic rings. The highest BCUT2D eigenvalue weighted by molar-refractivity contribution is 7.92. The second-order valence-electron chi connectivity index (χ2n) is 7.54. The first kappa shape index (κ1) is 23.2. The van der Waals surface area contributed by atoms with Gasteiger partial charge in [0, 0.05) is 22.6 Å². The normalized spacial score (nSPS) is 11.7. The van der Waals surface area contributed by atoms with Gasteiger partial charge in [0.05, 0.1) is 18.2 Å². The molecule has 9 heteroatoms. The van der Waals surface area contributed by atoms with E-state index in [1.807, 2.05) is 51.1 Å². The Morgan fingerprint density at radius 2 is 1.72 bits per heavy atom. The third-order valence-electron chi connectivity index (χ3n) is 4.96. The lowest BCUT2D eigenvalue weighted by atomic mass is 10.2. The molecule has 0 saturated heterocycles. The second kappa shape index (κ2) is 9.35. The van der Waals surface area contributed by atoms with E-state index < -0.39 is 28.3 Å².